The summed E-state index contributed by atoms with van der Waals surface area (Å²) < 4.78 is 5.28. The molecule has 1 aromatic rings. The van der Waals surface area contributed by atoms with Crippen LogP contribution < -0.4 is 10.6 Å². The van der Waals surface area contributed by atoms with Gasteiger partial charge in [0.25, 0.3) is 0 Å². The highest BCUT2D eigenvalue weighted by Gasteiger charge is 2.17. The minimum atomic E-state index is -0.154. The summed E-state index contributed by atoms with van der Waals surface area (Å²) in [5.41, 5.74) is -0.154. The molecule has 0 unspecified atom stereocenters. The van der Waals surface area contributed by atoms with Crippen LogP contribution in [-0.2, 0) is 11.3 Å². The van der Waals surface area contributed by atoms with Gasteiger partial charge in [-0.05, 0) is 27.2 Å². The summed E-state index contributed by atoms with van der Waals surface area (Å²) in [5.74, 6) is 1.36. The average Bonchev–Trinajstić information content (AvgIpc) is 2.63. The van der Waals surface area contributed by atoms with Gasteiger partial charge in [-0.25, -0.2) is 4.98 Å². The summed E-state index contributed by atoms with van der Waals surface area (Å²) in [6, 6.07) is 0. The fourth-order valence-electron chi connectivity index (χ4n) is 1.28. The van der Waals surface area contributed by atoms with Gasteiger partial charge in [0.05, 0.1) is 19.3 Å². The van der Waals surface area contributed by atoms with Crippen molar-refractivity contribution in [3.8, 4) is 0 Å². The zero-order valence-corrected chi connectivity index (χ0v) is 11.0. The predicted octanol–water partition coefficient (Wildman–Crippen LogP) is 1.38. The topological polar surface area (TPSA) is 67.2 Å². The molecule has 0 bridgehead atoms. The Labute approximate surface area is 102 Å². The number of nitrogens with zero attached hydrogens (tertiary/aromatic N) is 1. The molecule has 0 radical (unpaired) electrons. The Hall–Kier alpha value is -1.36. The van der Waals surface area contributed by atoms with Crippen LogP contribution in [0.25, 0.3) is 0 Å². The molecule has 5 nitrogen and oxygen atoms in total. The summed E-state index contributed by atoms with van der Waals surface area (Å²) in [5, 5.41) is 5.94. The summed E-state index contributed by atoms with van der Waals surface area (Å²) in [7, 11) is 0. The average molecular weight is 239 g/mol. The van der Waals surface area contributed by atoms with Crippen molar-refractivity contribution in [3.63, 3.8) is 0 Å². The van der Waals surface area contributed by atoms with E-state index in [0.717, 1.165) is 12.2 Å². The van der Waals surface area contributed by atoms with Crippen LogP contribution in [0.3, 0.4) is 0 Å². The second-order valence-electron chi connectivity index (χ2n) is 4.75. The number of aromatic nitrogens is 1. The third kappa shape index (κ3) is 4.99. The highest BCUT2D eigenvalue weighted by molar-refractivity contribution is 5.78. The van der Waals surface area contributed by atoms with Gasteiger partial charge in [0.1, 0.15) is 5.76 Å². The highest BCUT2D eigenvalue weighted by atomic mass is 16.4. The van der Waals surface area contributed by atoms with E-state index >= 15 is 0 Å². The Morgan fingerprint density at radius 3 is 2.76 bits per heavy atom. The molecule has 1 amide bonds. The molecule has 2 N–H and O–H groups in total. The Balaban J connectivity index is 2.25. The first-order valence-corrected chi connectivity index (χ1v) is 5.86. The van der Waals surface area contributed by atoms with Crippen molar-refractivity contribution >= 4 is 5.91 Å². The smallest absolute Gasteiger partial charge is 0.234 e. The molecule has 1 rings (SSSR count). The van der Waals surface area contributed by atoms with Crippen LogP contribution in [0.1, 0.15) is 38.8 Å². The minimum Gasteiger partial charge on any atom is -0.445 e. The molecule has 1 aromatic heterocycles. The number of hydrogen-bond acceptors (Lipinski definition) is 4. The maximum atomic E-state index is 11.6. The van der Waals surface area contributed by atoms with Gasteiger partial charge >= 0.3 is 0 Å². The van der Waals surface area contributed by atoms with Gasteiger partial charge in [-0.3, -0.25) is 10.1 Å². The fraction of sp³-hybridized carbons (Fsp3) is 0.667. The van der Waals surface area contributed by atoms with Crippen LogP contribution in [0.4, 0.5) is 0 Å². The molecule has 5 heteroatoms. The summed E-state index contributed by atoms with van der Waals surface area (Å²) in [6.45, 7) is 8.62. The number of hydrogen-bond donors (Lipinski definition) is 2. The largest absolute Gasteiger partial charge is 0.445 e. The third-order valence-electron chi connectivity index (χ3n) is 2.59. The van der Waals surface area contributed by atoms with E-state index in [0.29, 0.717) is 12.4 Å². The molecule has 0 fully saturated rings. The van der Waals surface area contributed by atoms with Crippen LogP contribution in [0, 0.1) is 6.92 Å². The van der Waals surface area contributed by atoms with Crippen LogP contribution in [0.2, 0.25) is 0 Å². The Bertz CT molecular complexity index is 372. The minimum absolute atomic E-state index is 0.0138. The number of rotatable bonds is 6. The lowest BCUT2D eigenvalue weighted by Gasteiger charge is -2.24. The number of amides is 1. The van der Waals surface area contributed by atoms with Crippen molar-refractivity contribution in [2.24, 2.45) is 0 Å². The van der Waals surface area contributed by atoms with Gasteiger partial charge in [-0.15, -0.1) is 0 Å². The van der Waals surface area contributed by atoms with Gasteiger partial charge in [0.2, 0.25) is 11.8 Å². The van der Waals surface area contributed by atoms with E-state index in [1.807, 2.05) is 27.7 Å². The van der Waals surface area contributed by atoms with Crippen LogP contribution in [0.5, 0.6) is 0 Å². The lowest BCUT2D eigenvalue weighted by atomic mass is 10.0. The van der Waals surface area contributed by atoms with Crippen LogP contribution in [0.15, 0.2) is 10.6 Å². The predicted molar refractivity (Wildman–Crippen MR) is 65.5 cm³/mol. The number of oxazole rings is 1. The van der Waals surface area contributed by atoms with Crippen molar-refractivity contribution < 1.29 is 9.21 Å². The van der Waals surface area contributed by atoms with Gasteiger partial charge in [-0.1, -0.05) is 6.92 Å². The van der Waals surface area contributed by atoms with E-state index in [1.165, 1.54) is 0 Å². The summed E-state index contributed by atoms with van der Waals surface area (Å²) in [6.07, 6.45) is 2.56. The Morgan fingerprint density at radius 1 is 1.53 bits per heavy atom. The molecular formula is C12H21N3O2. The first kappa shape index (κ1) is 13.7. The normalized spacial score (nSPS) is 11.5. The van der Waals surface area contributed by atoms with Crippen molar-refractivity contribution in [2.75, 3.05) is 6.54 Å². The molecule has 0 aliphatic heterocycles. The standard InChI is InChI=1S/C12H21N3O2/c1-5-12(3,4)15-10(16)7-13-8-11-14-6-9(2)17-11/h6,13H,5,7-8H2,1-4H3,(H,15,16). The van der Waals surface area contributed by atoms with Gasteiger partial charge in [0, 0.05) is 5.54 Å². The molecule has 0 aromatic carbocycles. The fourth-order valence-corrected chi connectivity index (χ4v) is 1.28. The lowest BCUT2D eigenvalue weighted by Crippen LogP contribution is -2.46. The summed E-state index contributed by atoms with van der Waals surface area (Å²) in [4.78, 5) is 15.6. The molecule has 17 heavy (non-hydrogen) atoms. The van der Waals surface area contributed by atoms with E-state index in [1.54, 1.807) is 6.20 Å². The first-order chi connectivity index (χ1) is 7.93. The Morgan fingerprint density at radius 2 is 2.24 bits per heavy atom. The van der Waals surface area contributed by atoms with Crippen molar-refractivity contribution in [2.45, 2.75) is 46.2 Å². The molecule has 0 saturated heterocycles. The lowest BCUT2D eigenvalue weighted by molar-refractivity contribution is -0.121. The maximum Gasteiger partial charge on any atom is 0.234 e. The second kappa shape index (κ2) is 5.82. The number of nitrogens with one attached hydrogen (secondary N) is 2. The quantitative estimate of drug-likeness (QED) is 0.787. The van der Waals surface area contributed by atoms with E-state index in [9.17, 15) is 4.79 Å². The van der Waals surface area contributed by atoms with E-state index in [-0.39, 0.29) is 18.0 Å². The molecule has 0 aliphatic rings. The van der Waals surface area contributed by atoms with E-state index < -0.39 is 0 Å². The third-order valence-corrected chi connectivity index (χ3v) is 2.59. The number of carbonyl (C=O) groups excluding carboxylic acids is 1. The molecule has 0 saturated carbocycles. The van der Waals surface area contributed by atoms with Gasteiger partial charge in [-0.2, -0.15) is 0 Å². The summed E-state index contributed by atoms with van der Waals surface area (Å²) >= 11 is 0. The monoisotopic (exact) mass is 239 g/mol. The van der Waals surface area contributed by atoms with Crippen molar-refractivity contribution in [3.05, 3.63) is 17.8 Å². The highest BCUT2D eigenvalue weighted by Crippen LogP contribution is 2.06. The number of aryl methyl sites for hydroxylation is 1. The molecule has 0 aliphatic carbocycles. The maximum absolute atomic E-state index is 11.6. The molecule has 96 valence electrons. The van der Waals surface area contributed by atoms with E-state index in [2.05, 4.69) is 15.6 Å². The van der Waals surface area contributed by atoms with E-state index in [4.69, 9.17) is 4.42 Å². The van der Waals surface area contributed by atoms with Gasteiger partial charge < -0.3 is 9.73 Å². The molecule has 0 spiro atoms. The van der Waals surface area contributed by atoms with Gasteiger partial charge in [0.15, 0.2) is 0 Å². The van der Waals surface area contributed by atoms with Crippen molar-refractivity contribution in [1.82, 2.24) is 15.6 Å². The Kier molecular flexibility index (Phi) is 4.69. The molecule has 0 atom stereocenters. The van der Waals surface area contributed by atoms with Crippen molar-refractivity contribution in [1.29, 1.82) is 0 Å². The zero-order chi connectivity index (χ0) is 12.9. The van der Waals surface area contributed by atoms with Crippen LogP contribution in [-0.4, -0.2) is 23.0 Å². The zero-order valence-electron chi connectivity index (χ0n) is 11.0. The second-order valence-corrected chi connectivity index (χ2v) is 4.75. The molecule has 1 heterocycles. The SMILES string of the molecule is CCC(C)(C)NC(=O)CNCc1ncc(C)o1. The first-order valence-electron chi connectivity index (χ1n) is 5.86. The number of carbonyl (C=O) groups is 1. The molecular weight excluding hydrogens is 218 g/mol. The van der Waals surface area contributed by atoms with Crippen LogP contribution >= 0.6 is 0 Å².